The summed E-state index contributed by atoms with van der Waals surface area (Å²) in [4.78, 5) is 2.14. The zero-order valence-electron chi connectivity index (χ0n) is 11.9. The third-order valence-corrected chi connectivity index (χ3v) is 2.20. The molecule has 3 atom stereocenters. The third kappa shape index (κ3) is 9.09. The van der Waals surface area contributed by atoms with Crippen LogP contribution in [0.4, 0.5) is 0 Å². The van der Waals surface area contributed by atoms with Gasteiger partial charge in [0.05, 0.1) is 6.10 Å². The molecule has 0 aromatic heterocycles. The Kier molecular flexibility index (Phi) is 12.9. The van der Waals surface area contributed by atoms with E-state index in [1.54, 1.807) is 14.2 Å². The fourth-order valence-corrected chi connectivity index (χ4v) is 1.51. The van der Waals surface area contributed by atoms with E-state index in [0.717, 1.165) is 12.8 Å². The highest BCUT2D eigenvalue weighted by Crippen LogP contribution is 2.20. The van der Waals surface area contributed by atoms with Crippen molar-refractivity contribution in [2.45, 2.75) is 52.0 Å². The van der Waals surface area contributed by atoms with E-state index in [2.05, 4.69) is 9.64 Å². The molecule has 0 spiro atoms. The van der Waals surface area contributed by atoms with Crippen LogP contribution >= 0.6 is 0 Å². The number of methoxy groups -OCH3 is 1. The molecule has 16 heavy (non-hydrogen) atoms. The molecule has 1 fully saturated rings. The molecule has 1 aliphatic rings. The van der Waals surface area contributed by atoms with Crippen LogP contribution in [-0.4, -0.2) is 56.8 Å². The van der Waals surface area contributed by atoms with Crippen LogP contribution < -0.4 is 0 Å². The molecule has 4 heteroatoms. The van der Waals surface area contributed by atoms with Crippen LogP contribution in [0.15, 0.2) is 0 Å². The molecule has 0 bridgehead atoms. The van der Waals surface area contributed by atoms with Gasteiger partial charge in [-0.25, -0.2) is 0 Å². The number of hydrogen-bond acceptors (Lipinski definition) is 4. The lowest BCUT2D eigenvalue weighted by Gasteiger charge is -2.34. The van der Waals surface area contributed by atoms with Gasteiger partial charge in [-0.2, -0.15) is 0 Å². The molecule has 3 unspecified atom stereocenters. The average molecular weight is 235 g/mol. The molecule has 0 saturated carbocycles. The van der Waals surface area contributed by atoms with E-state index in [9.17, 15) is 5.11 Å². The highest BCUT2D eigenvalue weighted by atomic mass is 16.6. The average Bonchev–Trinajstić information content (AvgIpc) is 2.20. The molecule has 0 amide bonds. The van der Waals surface area contributed by atoms with E-state index in [-0.39, 0.29) is 6.10 Å². The van der Waals surface area contributed by atoms with Crippen LogP contribution in [0.2, 0.25) is 0 Å². The molecule has 0 aromatic rings. The van der Waals surface area contributed by atoms with Crippen molar-refractivity contribution < 1.29 is 14.6 Å². The lowest BCUT2D eigenvalue weighted by Crippen LogP contribution is -2.41. The second kappa shape index (κ2) is 11.3. The van der Waals surface area contributed by atoms with Gasteiger partial charge in [0, 0.05) is 26.7 Å². The van der Waals surface area contributed by atoms with Crippen LogP contribution in [0, 0.1) is 0 Å². The highest BCUT2D eigenvalue weighted by molar-refractivity contribution is 4.75. The van der Waals surface area contributed by atoms with Gasteiger partial charge < -0.3 is 19.5 Å². The molecule has 1 N–H and O–H groups in total. The molecular formula is C12H29NO3. The van der Waals surface area contributed by atoms with Crippen LogP contribution in [-0.2, 0) is 9.47 Å². The Labute approximate surface area is 101 Å². The predicted octanol–water partition coefficient (Wildman–Crippen LogP) is 1.72. The quantitative estimate of drug-likeness (QED) is 0.751. The van der Waals surface area contributed by atoms with Crippen LogP contribution in [0.5, 0.6) is 0 Å². The van der Waals surface area contributed by atoms with Crippen LogP contribution in [0.25, 0.3) is 0 Å². The SMILES string of the molecule is CC.CC1CC(N(C)C)CC(O)O1.COC. The topological polar surface area (TPSA) is 41.9 Å². The Morgan fingerprint density at radius 3 is 1.94 bits per heavy atom. The molecule has 1 heterocycles. The molecule has 4 nitrogen and oxygen atoms in total. The van der Waals surface area contributed by atoms with E-state index in [1.807, 2.05) is 34.9 Å². The Bertz CT molecular complexity index is 132. The van der Waals surface area contributed by atoms with Crippen molar-refractivity contribution in [1.82, 2.24) is 4.90 Å². The molecule has 0 aromatic carbocycles. The highest BCUT2D eigenvalue weighted by Gasteiger charge is 2.26. The monoisotopic (exact) mass is 235 g/mol. The normalized spacial score (nSPS) is 28.7. The summed E-state index contributed by atoms with van der Waals surface area (Å²) in [5.41, 5.74) is 0. The van der Waals surface area contributed by atoms with Crippen molar-refractivity contribution in [3.05, 3.63) is 0 Å². The molecular weight excluding hydrogens is 206 g/mol. The first-order valence-electron chi connectivity index (χ1n) is 5.91. The van der Waals surface area contributed by atoms with E-state index in [0.29, 0.717) is 6.04 Å². The van der Waals surface area contributed by atoms with Crippen LogP contribution in [0.1, 0.15) is 33.6 Å². The summed E-state index contributed by atoms with van der Waals surface area (Å²) in [7, 11) is 7.32. The molecule has 0 aliphatic carbocycles. The fourth-order valence-electron chi connectivity index (χ4n) is 1.51. The van der Waals surface area contributed by atoms with Gasteiger partial charge in [0.1, 0.15) is 0 Å². The van der Waals surface area contributed by atoms with Crippen molar-refractivity contribution in [2.24, 2.45) is 0 Å². The predicted molar refractivity (Wildman–Crippen MR) is 67.5 cm³/mol. The zero-order valence-corrected chi connectivity index (χ0v) is 11.9. The minimum absolute atomic E-state index is 0.186. The maximum atomic E-state index is 9.25. The number of ether oxygens (including phenoxy) is 2. The summed E-state index contributed by atoms with van der Waals surface area (Å²) in [5, 5.41) is 9.25. The van der Waals surface area contributed by atoms with E-state index >= 15 is 0 Å². The number of hydrogen-bond donors (Lipinski definition) is 1. The van der Waals surface area contributed by atoms with Gasteiger partial charge in [-0.05, 0) is 27.4 Å². The Morgan fingerprint density at radius 2 is 1.62 bits per heavy atom. The van der Waals surface area contributed by atoms with Gasteiger partial charge in [-0.1, -0.05) is 13.8 Å². The van der Waals surface area contributed by atoms with Gasteiger partial charge in [0.15, 0.2) is 6.29 Å². The second-order valence-electron chi connectivity index (χ2n) is 3.90. The number of aliphatic hydroxyl groups is 1. The largest absolute Gasteiger partial charge is 0.388 e. The van der Waals surface area contributed by atoms with E-state index < -0.39 is 6.29 Å². The Morgan fingerprint density at radius 1 is 1.19 bits per heavy atom. The number of nitrogens with zero attached hydrogens (tertiary/aromatic N) is 1. The summed E-state index contributed by atoms with van der Waals surface area (Å²) in [6.07, 6.45) is 1.37. The molecule has 1 aliphatic heterocycles. The summed E-state index contributed by atoms with van der Waals surface area (Å²) in [6.45, 7) is 6.00. The maximum absolute atomic E-state index is 9.25. The van der Waals surface area contributed by atoms with Gasteiger partial charge in [0.25, 0.3) is 0 Å². The van der Waals surface area contributed by atoms with E-state index in [1.165, 1.54) is 0 Å². The number of aliphatic hydroxyl groups excluding tert-OH is 1. The van der Waals surface area contributed by atoms with Gasteiger partial charge in [0.2, 0.25) is 0 Å². The maximum Gasteiger partial charge on any atom is 0.156 e. The summed E-state index contributed by atoms with van der Waals surface area (Å²) >= 11 is 0. The minimum Gasteiger partial charge on any atom is -0.388 e. The lowest BCUT2D eigenvalue weighted by molar-refractivity contribution is -0.172. The van der Waals surface area contributed by atoms with E-state index in [4.69, 9.17) is 4.74 Å². The van der Waals surface area contributed by atoms with Crippen molar-refractivity contribution in [3.8, 4) is 0 Å². The lowest BCUT2D eigenvalue weighted by atomic mass is 10.0. The molecule has 0 radical (unpaired) electrons. The van der Waals surface area contributed by atoms with Crippen LogP contribution in [0.3, 0.4) is 0 Å². The first-order chi connectivity index (χ1) is 7.51. The van der Waals surface area contributed by atoms with Gasteiger partial charge >= 0.3 is 0 Å². The molecule has 1 rings (SSSR count). The Balaban J connectivity index is 0. The first-order valence-corrected chi connectivity index (χ1v) is 5.91. The van der Waals surface area contributed by atoms with Crippen molar-refractivity contribution >= 4 is 0 Å². The summed E-state index contributed by atoms with van der Waals surface area (Å²) in [5.74, 6) is 0. The summed E-state index contributed by atoms with van der Waals surface area (Å²) < 4.78 is 9.45. The Hall–Kier alpha value is -0.160. The standard InChI is InChI=1S/C8H17NO2.C2H6O.C2H6/c1-6-4-7(9(2)3)5-8(10)11-6;1-3-2;1-2/h6-8,10H,4-5H2,1-3H3;1-2H3;1-2H3. The fraction of sp³-hybridized carbons (Fsp3) is 1.00. The smallest absolute Gasteiger partial charge is 0.156 e. The van der Waals surface area contributed by atoms with Gasteiger partial charge in [-0.3, -0.25) is 0 Å². The first kappa shape index (κ1) is 18.2. The zero-order chi connectivity index (χ0) is 13.1. The van der Waals surface area contributed by atoms with Gasteiger partial charge in [-0.15, -0.1) is 0 Å². The minimum atomic E-state index is -0.564. The van der Waals surface area contributed by atoms with Crippen molar-refractivity contribution in [1.29, 1.82) is 0 Å². The number of rotatable bonds is 1. The van der Waals surface area contributed by atoms with Crippen molar-refractivity contribution in [2.75, 3.05) is 28.3 Å². The third-order valence-electron chi connectivity index (χ3n) is 2.20. The molecule has 100 valence electrons. The molecule has 1 saturated heterocycles. The summed E-state index contributed by atoms with van der Waals surface area (Å²) in [6, 6.07) is 0.466. The second-order valence-corrected chi connectivity index (χ2v) is 3.90. The van der Waals surface area contributed by atoms with Crippen molar-refractivity contribution in [3.63, 3.8) is 0 Å².